The van der Waals surface area contributed by atoms with Gasteiger partial charge in [0.05, 0.1) is 27.9 Å². The molecule has 236 valence electrons. The molecule has 2 nitrogen and oxygen atoms in total. The third-order valence-electron chi connectivity index (χ3n) is 8.55. The number of rotatable bonds is 4. The van der Waals surface area contributed by atoms with E-state index in [2.05, 4.69) is 22.8 Å². The molecule has 0 aliphatic carbocycles. The first-order valence-electron chi connectivity index (χ1n) is 14.9. The fourth-order valence-corrected chi connectivity index (χ4v) is 7.32. The minimum Gasteiger partial charge on any atom is -0.298 e. The first-order valence-corrected chi connectivity index (χ1v) is 15.7. The highest BCUT2D eigenvalue weighted by Gasteiger charge is 2.31. The minimum absolute atomic E-state index is 0.601. The number of fused-ring (bicyclic) bond motifs is 4. The van der Waals surface area contributed by atoms with Crippen molar-refractivity contribution < 1.29 is 26.3 Å². The van der Waals surface area contributed by atoms with E-state index in [0.29, 0.717) is 22.4 Å². The summed E-state index contributed by atoms with van der Waals surface area (Å²) in [4.78, 5) is 4.94. The highest BCUT2D eigenvalue weighted by Crippen LogP contribution is 2.44. The van der Waals surface area contributed by atoms with Gasteiger partial charge in [0.1, 0.15) is 5.00 Å². The molecule has 0 saturated carbocycles. The molecule has 0 aliphatic heterocycles. The van der Waals surface area contributed by atoms with Gasteiger partial charge in [-0.05, 0) is 64.5 Å². The van der Waals surface area contributed by atoms with Crippen LogP contribution in [0.25, 0.3) is 70.4 Å². The Morgan fingerprint density at radius 2 is 1.10 bits per heavy atom. The summed E-state index contributed by atoms with van der Waals surface area (Å²) < 4.78 is 83.0. The van der Waals surface area contributed by atoms with Crippen LogP contribution in [-0.4, -0.2) is 9.55 Å². The molecule has 0 fully saturated rings. The first kappa shape index (κ1) is 30.0. The van der Waals surface area contributed by atoms with E-state index in [1.54, 1.807) is 17.5 Å². The second-order valence-corrected chi connectivity index (χ2v) is 12.5. The molecule has 0 saturated heterocycles. The van der Waals surface area contributed by atoms with Gasteiger partial charge in [-0.15, -0.1) is 11.3 Å². The van der Waals surface area contributed by atoms with Gasteiger partial charge >= 0.3 is 12.4 Å². The quantitative estimate of drug-likeness (QED) is 0.171. The van der Waals surface area contributed by atoms with E-state index in [0.717, 1.165) is 72.3 Å². The summed E-state index contributed by atoms with van der Waals surface area (Å²) in [5.74, 6) is 0. The Balaban J connectivity index is 1.36. The molecule has 0 bridgehead atoms. The number of halogens is 6. The summed E-state index contributed by atoms with van der Waals surface area (Å²) in [6.45, 7) is 0. The fraction of sp³-hybridized carbons (Fsp3) is 0.0513. The lowest BCUT2D eigenvalue weighted by molar-refractivity contribution is -0.138. The number of thiophene rings is 1. The second kappa shape index (κ2) is 11.1. The third kappa shape index (κ3) is 5.11. The number of para-hydroxylation sites is 1. The summed E-state index contributed by atoms with van der Waals surface area (Å²) in [7, 11) is 0. The molecule has 0 radical (unpaired) electrons. The summed E-state index contributed by atoms with van der Waals surface area (Å²) in [6.07, 6.45) is -7.18. The van der Waals surface area contributed by atoms with Crippen molar-refractivity contribution in [2.75, 3.05) is 0 Å². The van der Waals surface area contributed by atoms with Crippen molar-refractivity contribution in [3.63, 3.8) is 0 Å². The lowest BCUT2D eigenvalue weighted by Gasteiger charge is -2.13. The number of pyridine rings is 1. The van der Waals surface area contributed by atoms with Gasteiger partial charge in [-0.1, -0.05) is 84.9 Å². The van der Waals surface area contributed by atoms with E-state index in [1.807, 2.05) is 60.7 Å². The predicted octanol–water partition coefficient (Wildman–Crippen LogP) is 12.4. The number of nitrogens with zero attached hydrogens (tertiary/aromatic N) is 2. The van der Waals surface area contributed by atoms with Gasteiger partial charge in [-0.25, -0.2) is 0 Å². The zero-order valence-corrected chi connectivity index (χ0v) is 25.6. The van der Waals surface area contributed by atoms with Crippen LogP contribution in [0.4, 0.5) is 26.3 Å². The van der Waals surface area contributed by atoms with E-state index < -0.39 is 23.5 Å². The van der Waals surface area contributed by atoms with E-state index in [9.17, 15) is 26.3 Å². The van der Waals surface area contributed by atoms with E-state index >= 15 is 0 Å². The molecule has 3 heterocycles. The summed E-state index contributed by atoms with van der Waals surface area (Å²) in [5, 5.41) is 3.80. The van der Waals surface area contributed by atoms with Gasteiger partial charge in [0.15, 0.2) is 0 Å². The number of hydrogen-bond acceptors (Lipinski definition) is 2. The molecule has 0 spiro atoms. The maximum atomic E-state index is 13.4. The van der Waals surface area contributed by atoms with Gasteiger partial charge in [-0.2, -0.15) is 26.3 Å². The molecule has 0 aliphatic rings. The van der Waals surface area contributed by atoms with Crippen LogP contribution in [-0.2, 0) is 12.4 Å². The molecule has 8 rings (SSSR count). The van der Waals surface area contributed by atoms with Crippen molar-refractivity contribution >= 4 is 43.2 Å². The molecule has 8 aromatic rings. The average Bonchev–Trinajstić information content (AvgIpc) is 3.67. The SMILES string of the molecule is FC(F)(F)c1ccc(-c2ccc(-c3ncc(-c4ccc(C(F)(F)F)cc4)c4c5ccccc5n(-c5cc6ccccc6s5)c34)cc2)cc1. The molecule has 48 heavy (non-hydrogen) atoms. The topological polar surface area (TPSA) is 17.8 Å². The van der Waals surface area contributed by atoms with E-state index in [-0.39, 0.29) is 0 Å². The molecule has 3 aromatic heterocycles. The Morgan fingerprint density at radius 1 is 0.562 bits per heavy atom. The normalized spacial score (nSPS) is 12.4. The zero-order valence-electron chi connectivity index (χ0n) is 24.8. The summed E-state index contributed by atoms with van der Waals surface area (Å²) >= 11 is 1.63. The Kier molecular flexibility index (Phi) is 6.92. The van der Waals surface area contributed by atoms with Gasteiger partial charge in [0.2, 0.25) is 0 Å². The summed E-state index contributed by atoms with van der Waals surface area (Å²) in [6, 6.07) is 35.8. The van der Waals surface area contributed by atoms with Crippen molar-refractivity contribution in [2.24, 2.45) is 0 Å². The molecular formula is C39H22F6N2S. The Hall–Kier alpha value is -5.41. The lowest BCUT2D eigenvalue weighted by atomic mass is 9.97. The fourth-order valence-electron chi connectivity index (χ4n) is 6.24. The van der Waals surface area contributed by atoms with E-state index in [4.69, 9.17) is 4.98 Å². The highest BCUT2D eigenvalue weighted by molar-refractivity contribution is 7.21. The average molecular weight is 665 g/mol. The van der Waals surface area contributed by atoms with Crippen LogP contribution in [0.3, 0.4) is 0 Å². The van der Waals surface area contributed by atoms with Crippen molar-refractivity contribution in [2.45, 2.75) is 12.4 Å². The molecule has 0 amide bonds. The van der Waals surface area contributed by atoms with Gasteiger partial charge in [-0.3, -0.25) is 9.55 Å². The molecule has 0 atom stereocenters. The van der Waals surface area contributed by atoms with Crippen LogP contribution in [0.1, 0.15) is 11.1 Å². The van der Waals surface area contributed by atoms with Gasteiger partial charge < -0.3 is 0 Å². The first-order chi connectivity index (χ1) is 23.1. The van der Waals surface area contributed by atoms with Crippen LogP contribution >= 0.6 is 11.3 Å². The summed E-state index contributed by atoms with van der Waals surface area (Å²) in [5.41, 5.74) is 4.40. The van der Waals surface area contributed by atoms with Gasteiger partial charge in [0, 0.05) is 32.8 Å². The maximum Gasteiger partial charge on any atom is 0.416 e. The van der Waals surface area contributed by atoms with Crippen molar-refractivity contribution in [1.82, 2.24) is 9.55 Å². The molecular weight excluding hydrogens is 642 g/mol. The third-order valence-corrected chi connectivity index (χ3v) is 9.65. The smallest absolute Gasteiger partial charge is 0.298 e. The number of hydrogen-bond donors (Lipinski definition) is 0. The maximum absolute atomic E-state index is 13.4. The highest BCUT2D eigenvalue weighted by atomic mass is 32.1. The van der Waals surface area contributed by atoms with Crippen LogP contribution in [0.2, 0.25) is 0 Å². The predicted molar refractivity (Wildman–Crippen MR) is 180 cm³/mol. The van der Waals surface area contributed by atoms with Crippen LogP contribution in [0.15, 0.2) is 134 Å². The van der Waals surface area contributed by atoms with Crippen molar-refractivity contribution in [3.05, 3.63) is 145 Å². The Bertz CT molecular complexity index is 2420. The standard InChI is InChI=1S/C39H22F6N2S/c40-38(41,42)28-17-13-24(14-18-28)23-9-11-26(12-10-23)36-37-35(31(22-46-36)25-15-19-29(20-16-25)39(43,44)45)30-6-2-3-7-32(30)47(37)34-21-27-5-1-4-8-33(27)48-34/h1-22H. The van der Waals surface area contributed by atoms with Crippen LogP contribution in [0.5, 0.6) is 0 Å². The largest absolute Gasteiger partial charge is 0.416 e. The second-order valence-electron chi connectivity index (χ2n) is 11.4. The van der Waals surface area contributed by atoms with E-state index in [1.165, 1.54) is 24.3 Å². The molecule has 5 aromatic carbocycles. The van der Waals surface area contributed by atoms with Crippen LogP contribution < -0.4 is 0 Å². The molecule has 0 N–H and O–H groups in total. The Morgan fingerprint density at radius 3 is 1.73 bits per heavy atom. The zero-order chi connectivity index (χ0) is 33.2. The number of aromatic nitrogens is 2. The molecule has 0 unspecified atom stereocenters. The molecule has 9 heteroatoms. The minimum atomic E-state index is -4.46. The monoisotopic (exact) mass is 664 g/mol. The number of benzene rings is 5. The van der Waals surface area contributed by atoms with Crippen molar-refractivity contribution in [3.8, 4) is 38.5 Å². The van der Waals surface area contributed by atoms with Crippen molar-refractivity contribution in [1.29, 1.82) is 0 Å². The Labute approximate surface area is 274 Å². The lowest BCUT2D eigenvalue weighted by Crippen LogP contribution is -2.04. The van der Waals surface area contributed by atoms with Gasteiger partial charge in [0.25, 0.3) is 0 Å². The number of alkyl halides is 6. The van der Waals surface area contributed by atoms with Crippen LogP contribution in [0, 0.1) is 0 Å².